The van der Waals surface area contributed by atoms with Crippen LogP contribution in [0.25, 0.3) is 0 Å². The summed E-state index contributed by atoms with van der Waals surface area (Å²) in [5.41, 5.74) is 0. The molecule has 0 bridgehead atoms. The molecule has 0 aromatic carbocycles. The number of carbonyl (C=O) groups excluding carboxylic acids is 1. The molecule has 0 saturated carbocycles. The van der Waals surface area contributed by atoms with E-state index in [1.165, 1.54) is 0 Å². The zero-order valence-electron chi connectivity index (χ0n) is 9.09. The third-order valence-electron chi connectivity index (χ3n) is 2.95. The minimum absolute atomic E-state index is 0.0322. The predicted molar refractivity (Wildman–Crippen MR) is 55.4 cm³/mol. The third kappa shape index (κ3) is 2.46. The zero-order valence-corrected chi connectivity index (χ0v) is 9.90. The summed E-state index contributed by atoms with van der Waals surface area (Å²) >= 11 is 0. The third-order valence-corrected chi connectivity index (χ3v) is 3.51. The van der Waals surface area contributed by atoms with E-state index in [4.69, 9.17) is 8.92 Å². The summed E-state index contributed by atoms with van der Waals surface area (Å²) in [6, 6.07) is -0.0853. The summed E-state index contributed by atoms with van der Waals surface area (Å²) in [6.07, 6.45) is 3.31. The standard InChI is InChI=1S/C9H15NO5S/c1-16(12,13)15-6-8-4-2-3-7-5-14-9(11)10(7)8/h7-8H,2-6H2,1H3/t7-,8+/m1/s1. The van der Waals surface area contributed by atoms with Gasteiger partial charge in [-0.3, -0.25) is 9.08 Å². The van der Waals surface area contributed by atoms with Crippen LogP contribution in [0.4, 0.5) is 4.79 Å². The molecule has 0 aromatic heterocycles. The van der Waals surface area contributed by atoms with E-state index in [0.717, 1.165) is 25.5 Å². The number of cyclic esters (lactones) is 1. The Morgan fingerprint density at radius 3 is 2.94 bits per heavy atom. The first-order valence-electron chi connectivity index (χ1n) is 5.27. The SMILES string of the molecule is CS(=O)(=O)OC[C@@H]1CCC[C@@H]2COC(=O)N21. The van der Waals surface area contributed by atoms with Crippen LogP contribution in [0, 0.1) is 0 Å². The zero-order chi connectivity index (χ0) is 11.8. The van der Waals surface area contributed by atoms with Gasteiger partial charge in [0.05, 0.1) is 24.9 Å². The molecule has 0 aliphatic carbocycles. The van der Waals surface area contributed by atoms with Gasteiger partial charge in [0.25, 0.3) is 10.1 Å². The summed E-state index contributed by atoms with van der Waals surface area (Å²) in [5.74, 6) is 0. The first-order valence-corrected chi connectivity index (χ1v) is 7.08. The van der Waals surface area contributed by atoms with Gasteiger partial charge in [0.15, 0.2) is 0 Å². The minimum Gasteiger partial charge on any atom is -0.447 e. The van der Waals surface area contributed by atoms with E-state index in [1.807, 2.05) is 0 Å². The molecule has 2 fully saturated rings. The average molecular weight is 249 g/mol. The molecule has 2 saturated heterocycles. The number of amides is 1. The highest BCUT2D eigenvalue weighted by Crippen LogP contribution is 2.28. The summed E-state index contributed by atoms with van der Waals surface area (Å²) in [4.78, 5) is 13.1. The van der Waals surface area contributed by atoms with E-state index >= 15 is 0 Å². The topological polar surface area (TPSA) is 72.9 Å². The Hall–Kier alpha value is -0.820. The van der Waals surface area contributed by atoms with Crippen LogP contribution in [-0.4, -0.2) is 51.0 Å². The summed E-state index contributed by atoms with van der Waals surface area (Å²) < 4.78 is 31.5. The van der Waals surface area contributed by atoms with Gasteiger partial charge in [-0.15, -0.1) is 0 Å². The normalized spacial score (nSPS) is 30.1. The lowest BCUT2D eigenvalue weighted by Gasteiger charge is -2.34. The van der Waals surface area contributed by atoms with Gasteiger partial charge in [0.1, 0.15) is 6.61 Å². The highest BCUT2D eigenvalue weighted by Gasteiger charge is 2.40. The molecule has 2 heterocycles. The Labute approximate surface area is 94.6 Å². The maximum Gasteiger partial charge on any atom is 0.410 e. The highest BCUT2D eigenvalue weighted by atomic mass is 32.2. The summed E-state index contributed by atoms with van der Waals surface area (Å²) in [6.45, 7) is 0.443. The van der Waals surface area contributed by atoms with Gasteiger partial charge in [0, 0.05) is 0 Å². The van der Waals surface area contributed by atoms with E-state index in [-0.39, 0.29) is 24.8 Å². The lowest BCUT2D eigenvalue weighted by Crippen LogP contribution is -2.47. The van der Waals surface area contributed by atoms with E-state index in [1.54, 1.807) is 4.90 Å². The molecule has 92 valence electrons. The molecule has 1 amide bonds. The monoisotopic (exact) mass is 249 g/mol. The molecule has 0 spiro atoms. The molecule has 0 unspecified atom stereocenters. The molecule has 0 radical (unpaired) electrons. The number of carbonyl (C=O) groups is 1. The molecule has 2 aliphatic rings. The van der Waals surface area contributed by atoms with Crippen LogP contribution < -0.4 is 0 Å². The van der Waals surface area contributed by atoms with Crippen molar-refractivity contribution in [3.8, 4) is 0 Å². The second kappa shape index (κ2) is 4.21. The molecule has 6 nitrogen and oxygen atoms in total. The molecule has 7 heteroatoms. The molecule has 2 atom stereocenters. The summed E-state index contributed by atoms with van der Waals surface area (Å²) in [5, 5.41) is 0. The van der Waals surface area contributed by atoms with Crippen molar-refractivity contribution >= 4 is 16.2 Å². The van der Waals surface area contributed by atoms with Gasteiger partial charge in [-0.25, -0.2) is 4.79 Å². The second-order valence-electron chi connectivity index (χ2n) is 4.21. The van der Waals surface area contributed by atoms with Crippen molar-refractivity contribution in [2.75, 3.05) is 19.5 Å². The maximum atomic E-state index is 11.4. The van der Waals surface area contributed by atoms with Crippen LogP contribution in [-0.2, 0) is 19.0 Å². The van der Waals surface area contributed by atoms with Crippen molar-refractivity contribution in [2.24, 2.45) is 0 Å². The fourth-order valence-corrected chi connectivity index (χ4v) is 2.64. The van der Waals surface area contributed by atoms with Crippen LogP contribution in [0.2, 0.25) is 0 Å². The van der Waals surface area contributed by atoms with Crippen molar-refractivity contribution < 1.29 is 22.1 Å². The first kappa shape index (κ1) is 11.7. The molecule has 0 N–H and O–H groups in total. The fourth-order valence-electron chi connectivity index (χ4n) is 2.23. The maximum absolute atomic E-state index is 11.4. The smallest absolute Gasteiger partial charge is 0.410 e. The van der Waals surface area contributed by atoms with E-state index in [0.29, 0.717) is 6.61 Å². The first-order chi connectivity index (χ1) is 7.47. The Morgan fingerprint density at radius 1 is 1.50 bits per heavy atom. The number of rotatable bonds is 3. The molecule has 2 aliphatic heterocycles. The fraction of sp³-hybridized carbons (Fsp3) is 0.889. The van der Waals surface area contributed by atoms with Crippen molar-refractivity contribution in [3.05, 3.63) is 0 Å². The van der Waals surface area contributed by atoms with Gasteiger partial charge in [-0.05, 0) is 19.3 Å². The van der Waals surface area contributed by atoms with Gasteiger partial charge in [-0.2, -0.15) is 8.42 Å². The van der Waals surface area contributed by atoms with Crippen LogP contribution in [0.15, 0.2) is 0 Å². The van der Waals surface area contributed by atoms with E-state index in [9.17, 15) is 13.2 Å². The van der Waals surface area contributed by atoms with Crippen LogP contribution >= 0.6 is 0 Å². The largest absolute Gasteiger partial charge is 0.447 e. The van der Waals surface area contributed by atoms with Gasteiger partial charge >= 0.3 is 6.09 Å². The second-order valence-corrected chi connectivity index (χ2v) is 5.86. The van der Waals surface area contributed by atoms with Crippen LogP contribution in [0.5, 0.6) is 0 Å². The number of nitrogens with zero attached hydrogens (tertiary/aromatic N) is 1. The minimum atomic E-state index is -3.45. The van der Waals surface area contributed by atoms with Crippen molar-refractivity contribution in [3.63, 3.8) is 0 Å². The molecular formula is C9H15NO5S. The van der Waals surface area contributed by atoms with Crippen LogP contribution in [0.1, 0.15) is 19.3 Å². The number of hydrogen-bond donors (Lipinski definition) is 0. The number of piperidine rings is 1. The Bertz CT molecular complexity index is 379. The molecular weight excluding hydrogens is 234 g/mol. The van der Waals surface area contributed by atoms with E-state index in [2.05, 4.69) is 0 Å². The Morgan fingerprint density at radius 2 is 2.25 bits per heavy atom. The van der Waals surface area contributed by atoms with Crippen molar-refractivity contribution in [1.82, 2.24) is 4.90 Å². The highest BCUT2D eigenvalue weighted by molar-refractivity contribution is 7.85. The van der Waals surface area contributed by atoms with Crippen LogP contribution in [0.3, 0.4) is 0 Å². The average Bonchev–Trinajstić information content (AvgIpc) is 2.57. The lowest BCUT2D eigenvalue weighted by atomic mass is 9.98. The number of hydrogen-bond acceptors (Lipinski definition) is 5. The Kier molecular flexibility index (Phi) is 3.07. The quantitative estimate of drug-likeness (QED) is 0.674. The lowest BCUT2D eigenvalue weighted by molar-refractivity contribution is 0.101. The molecule has 0 aromatic rings. The van der Waals surface area contributed by atoms with Crippen molar-refractivity contribution in [2.45, 2.75) is 31.3 Å². The van der Waals surface area contributed by atoms with E-state index < -0.39 is 10.1 Å². The molecule has 16 heavy (non-hydrogen) atoms. The molecule has 2 rings (SSSR count). The van der Waals surface area contributed by atoms with Gasteiger partial charge in [-0.1, -0.05) is 0 Å². The van der Waals surface area contributed by atoms with Gasteiger partial charge < -0.3 is 4.74 Å². The Balaban J connectivity index is 2.00. The number of fused-ring (bicyclic) bond motifs is 1. The predicted octanol–water partition coefficient (Wildman–Crippen LogP) is 0.336. The van der Waals surface area contributed by atoms with Crippen molar-refractivity contribution in [1.29, 1.82) is 0 Å². The van der Waals surface area contributed by atoms with Gasteiger partial charge in [0.2, 0.25) is 0 Å². The number of ether oxygens (including phenoxy) is 1. The summed E-state index contributed by atoms with van der Waals surface area (Å²) in [7, 11) is -3.45.